The maximum atomic E-state index is 13.5. The molecule has 2 aromatic rings. The minimum absolute atomic E-state index is 0.0218. The van der Waals surface area contributed by atoms with Gasteiger partial charge >= 0.3 is 0 Å². The number of halogens is 2. The first-order valence-electron chi connectivity index (χ1n) is 6.02. The molecule has 1 atom stereocenters. The second-order valence-corrected chi connectivity index (χ2v) is 5.18. The summed E-state index contributed by atoms with van der Waals surface area (Å²) >= 11 is 3.24. The van der Waals surface area contributed by atoms with Crippen molar-refractivity contribution in [2.24, 2.45) is 0 Å². The molecule has 0 saturated carbocycles. The van der Waals surface area contributed by atoms with Crippen LogP contribution in [0.4, 0.5) is 4.39 Å². The summed E-state index contributed by atoms with van der Waals surface area (Å²) in [4.78, 5) is 11.8. The van der Waals surface area contributed by atoms with E-state index in [4.69, 9.17) is 0 Å². The van der Waals surface area contributed by atoms with Crippen LogP contribution in [-0.2, 0) is 11.3 Å². The van der Waals surface area contributed by atoms with E-state index in [0.29, 0.717) is 11.1 Å². The fourth-order valence-electron chi connectivity index (χ4n) is 1.74. The molecule has 0 fully saturated rings. The summed E-state index contributed by atoms with van der Waals surface area (Å²) in [7, 11) is 0. The number of aliphatic hydroxyl groups is 1. The van der Waals surface area contributed by atoms with E-state index < -0.39 is 17.8 Å². The summed E-state index contributed by atoms with van der Waals surface area (Å²) in [6, 6.07) is 13.1. The SMILES string of the molecule is O=C(NCc1cc(Br)ccc1F)C(O)c1ccccc1. The standard InChI is InChI=1S/C15H13BrFNO2/c16-12-6-7-13(17)11(8-12)9-18-15(20)14(19)10-4-2-1-3-5-10/h1-8,14,19H,9H2,(H,18,20). The molecule has 0 bridgehead atoms. The highest BCUT2D eigenvalue weighted by atomic mass is 79.9. The summed E-state index contributed by atoms with van der Waals surface area (Å²) < 4.78 is 14.2. The lowest BCUT2D eigenvalue weighted by Gasteiger charge is -2.12. The second-order valence-electron chi connectivity index (χ2n) is 4.27. The van der Waals surface area contributed by atoms with Crippen molar-refractivity contribution in [1.29, 1.82) is 0 Å². The minimum Gasteiger partial charge on any atom is -0.378 e. The largest absolute Gasteiger partial charge is 0.378 e. The van der Waals surface area contributed by atoms with Crippen molar-refractivity contribution in [1.82, 2.24) is 5.32 Å². The van der Waals surface area contributed by atoms with Crippen LogP contribution < -0.4 is 5.32 Å². The van der Waals surface area contributed by atoms with Gasteiger partial charge in [-0.3, -0.25) is 4.79 Å². The van der Waals surface area contributed by atoms with Crippen LogP contribution in [0.5, 0.6) is 0 Å². The Morgan fingerprint density at radius 1 is 1.25 bits per heavy atom. The van der Waals surface area contributed by atoms with E-state index in [1.54, 1.807) is 42.5 Å². The van der Waals surface area contributed by atoms with Gasteiger partial charge in [-0.1, -0.05) is 46.3 Å². The zero-order valence-electron chi connectivity index (χ0n) is 10.5. The summed E-state index contributed by atoms with van der Waals surface area (Å²) in [6.45, 7) is 0.0218. The van der Waals surface area contributed by atoms with Gasteiger partial charge in [0.2, 0.25) is 0 Å². The lowest BCUT2D eigenvalue weighted by molar-refractivity contribution is -0.129. The van der Waals surface area contributed by atoms with Gasteiger partial charge in [-0.05, 0) is 23.8 Å². The lowest BCUT2D eigenvalue weighted by atomic mass is 10.1. The van der Waals surface area contributed by atoms with Gasteiger partial charge in [0.05, 0.1) is 0 Å². The van der Waals surface area contributed by atoms with E-state index in [1.165, 1.54) is 6.07 Å². The Kier molecular flexibility index (Phi) is 4.87. The molecule has 1 unspecified atom stereocenters. The number of amides is 1. The van der Waals surface area contributed by atoms with Crippen molar-refractivity contribution in [3.8, 4) is 0 Å². The molecule has 0 radical (unpaired) electrons. The topological polar surface area (TPSA) is 49.3 Å². The molecule has 0 aliphatic carbocycles. The Balaban J connectivity index is 2.00. The van der Waals surface area contributed by atoms with Crippen molar-refractivity contribution < 1.29 is 14.3 Å². The van der Waals surface area contributed by atoms with Crippen LogP contribution in [0, 0.1) is 5.82 Å². The smallest absolute Gasteiger partial charge is 0.253 e. The quantitative estimate of drug-likeness (QED) is 0.901. The first-order valence-corrected chi connectivity index (χ1v) is 6.82. The fraction of sp³-hybridized carbons (Fsp3) is 0.133. The molecule has 3 nitrogen and oxygen atoms in total. The number of rotatable bonds is 4. The average molecular weight is 338 g/mol. The molecule has 104 valence electrons. The Morgan fingerprint density at radius 2 is 1.95 bits per heavy atom. The molecule has 5 heteroatoms. The van der Waals surface area contributed by atoms with Crippen molar-refractivity contribution in [3.05, 3.63) is 69.9 Å². The maximum Gasteiger partial charge on any atom is 0.253 e. The Hall–Kier alpha value is -1.72. The number of carbonyl (C=O) groups is 1. The van der Waals surface area contributed by atoms with E-state index >= 15 is 0 Å². The van der Waals surface area contributed by atoms with Crippen LogP contribution in [0.3, 0.4) is 0 Å². The van der Waals surface area contributed by atoms with Crippen LogP contribution >= 0.6 is 15.9 Å². The predicted octanol–water partition coefficient (Wildman–Crippen LogP) is 2.94. The number of benzene rings is 2. The normalized spacial score (nSPS) is 11.9. The molecular weight excluding hydrogens is 325 g/mol. The number of nitrogens with one attached hydrogen (secondary N) is 1. The molecule has 0 aliphatic rings. The number of hydrogen-bond acceptors (Lipinski definition) is 2. The Bertz CT molecular complexity index is 604. The highest BCUT2D eigenvalue weighted by molar-refractivity contribution is 9.10. The lowest BCUT2D eigenvalue weighted by Crippen LogP contribution is -2.29. The first kappa shape index (κ1) is 14.7. The fourth-order valence-corrected chi connectivity index (χ4v) is 2.15. The average Bonchev–Trinajstić information content (AvgIpc) is 2.48. The molecule has 0 saturated heterocycles. The molecule has 0 heterocycles. The van der Waals surface area contributed by atoms with Gasteiger partial charge in [0.15, 0.2) is 6.10 Å². The van der Waals surface area contributed by atoms with Gasteiger partial charge in [-0.2, -0.15) is 0 Å². The van der Waals surface area contributed by atoms with E-state index in [9.17, 15) is 14.3 Å². The molecule has 2 aromatic carbocycles. The summed E-state index contributed by atoms with van der Waals surface area (Å²) in [5, 5.41) is 12.4. The first-order chi connectivity index (χ1) is 9.58. The van der Waals surface area contributed by atoms with Gasteiger partial charge in [0.1, 0.15) is 5.82 Å². The number of hydrogen-bond donors (Lipinski definition) is 2. The van der Waals surface area contributed by atoms with Gasteiger partial charge in [-0.25, -0.2) is 4.39 Å². The Morgan fingerprint density at radius 3 is 2.65 bits per heavy atom. The van der Waals surface area contributed by atoms with Crippen molar-refractivity contribution in [2.75, 3.05) is 0 Å². The zero-order chi connectivity index (χ0) is 14.5. The van der Waals surface area contributed by atoms with Gasteiger partial charge < -0.3 is 10.4 Å². The van der Waals surface area contributed by atoms with Crippen LogP contribution in [0.2, 0.25) is 0 Å². The van der Waals surface area contributed by atoms with Crippen molar-refractivity contribution >= 4 is 21.8 Å². The predicted molar refractivity (Wildman–Crippen MR) is 77.3 cm³/mol. The maximum absolute atomic E-state index is 13.5. The van der Waals surface area contributed by atoms with E-state index in [2.05, 4.69) is 21.2 Å². The third-order valence-electron chi connectivity index (χ3n) is 2.82. The van der Waals surface area contributed by atoms with E-state index in [-0.39, 0.29) is 6.54 Å². The van der Waals surface area contributed by atoms with Crippen molar-refractivity contribution in [3.63, 3.8) is 0 Å². The van der Waals surface area contributed by atoms with Crippen LogP contribution in [0.25, 0.3) is 0 Å². The summed E-state index contributed by atoms with van der Waals surface area (Å²) in [6.07, 6.45) is -1.26. The second kappa shape index (κ2) is 6.63. The third kappa shape index (κ3) is 3.65. The molecule has 2 rings (SSSR count). The zero-order valence-corrected chi connectivity index (χ0v) is 12.1. The molecule has 0 aromatic heterocycles. The molecule has 0 spiro atoms. The molecule has 2 N–H and O–H groups in total. The monoisotopic (exact) mass is 337 g/mol. The molecule has 20 heavy (non-hydrogen) atoms. The van der Waals surface area contributed by atoms with Crippen LogP contribution in [0.15, 0.2) is 53.0 Å². The van der Waals surface area contributed by atoms with E-state index in [0.717, 1.165) is 4.47 Å². The molecule has 0 aliphatic heterocycles. The molecule has 1 amide bonds. The van der Waals surface area contributed by atoms with E-state index in [1.807, 2.05) is 0 Å². The molecular formula is C15H13BrFNO2. The Labute approximate surface area is 124 Å². The van der Waals surface area contributed by atoms with Crippen LogP contribution in [0.1, 0.15) is 17.2 Å². The highest BCUT2D eigenvalue weighted by Gasteiger charge is 2.16. The summed E-state index contributed by atoms with van der Waals surface area (Å²) in [5.41, 5.74) is 0.854. The third-order valence-corrected chi connectivity index (χ3v) is 3.32. The summed E-state index contributed by atoms with van der Waals surface area (Å²) in [5.74, 6) is -0.960. The minimum atomic E-state index is -1.26. The van der Waals surface area contributed by atoms with Gasteiger partial charge in [-0.15, -0.1) is 0 Å². The number of aliphatic hydroxyl groups excluding tert-OH is 1. The van der Waals surface area contributed by atoms with Crippen molar-refractivity contribution in [2.45, 2.75) is 12.6 Å². The van der Waals surface area contributed by atoms with Crippen LogP contribution in [-0.4, -0.2) is 11.0 Å². The number of carbonyl (C=O) groups excluding carboxylic acids is 1. The van der Waals surface area contributed by atoms with Gasteiger partial charge in [0, 0.05) is 16.6 Å². The van der Waals surface area contributed by atoms with Gasteiger partial charge in [0.25, 0.3) is 5.91 Å². The highest BCUT2D eigenvalue weighted by Crippen LogP contribution is 2.16.